The van der Waals surface area contributed by atoms with E-state index in [1.165, 1.54) is 6.92 Å². The number of carbonyl (C=O) groups excluding carboxylic acids is 2. The Labute approximate surface area is 82.2 Å². The Kier molecular flexibility index (Phi) is 6.06. The lowest BCUT2D eigenvalue weighted by Crippen LogP contribution is -2.14. The normalized spacial score (nSPS) is 10.6. The summed E-state index contributed by atoms with van der Waals surface area (Å²) < 4.78 is 9.17. The van der Waals surface area contributed by atoms with E-state index < -0.39 is 11.9 Å². The second-order valence-electron chi connectivity index (χ2n) is 2.37. The van der Waals surface area contributed by atoms with E-state index >= 15 is 0 Å². The van der Waals surface area contributed by atoms with E-state index in [1.807, 2.05) is 0 Å². The van der Waals surface area contributed by atoms with Crippen molar-refractivity contribution in [1.82, 2.24) is 0 Å². The predicted molar refractivity (Wildman–Crippen MR) is 50.1 cm³/mol. The molecule has 0 saturated heterocycles. The van der Waals surface area contributed by atoms with E-state index in [0.29, 0.717) is 0 Å². The Morgan fingerprint density at radius 1 is 1.50 bits per heavy atom. The van der Waals surface area contributed by atoms with Crippen LogP contribution in [0.15, 0.2) is 24.5 Å². The van der Waals surface area contributed by atoms with Crippen LogP contribution in [0.3, 0.4) is 0 Å². The van der Waals surface area contributed by atoms with Crippen LogP contribution in [0.2, 0.25) is 0 Å². The molecule has 0 spiro atoms. The summed E-state index contributed by atoms with van der Waals surface area (Å²) in [5.41, 5.74) is 5.31. The van der Waals surface area contributed by atoms with Crippen LogP contribution in [-0.2, 0) is 19.1 Å². The first-order valence-corrected chi connectivity index (χ1v) is 3.98. The summed E-state index contributed by atoms with van der Waals surface area (Å²) in [4.78, 5) is 21.6. The Morgan fingerprint density at radius 3 is 2.64 bits per heavy atom. The molecule has 0 aliphatic heterocycles. The van der Waals surface area contributed by atoms with Gasteiger partial charge in [-0.2, -0.15) is 0 Å². The molecule has 0 aromatic rings. The van der Waals surface area contributed by atoms with Crippen LogP contribution in [0, 0.1) is 0 Å². The van der Waals surface area contributed by atoms with E-state index in [2.05, 4.69) is 16.1 Å². The summed E-state index contributed by atoms with van der Waals surface area (Å²) >= 11 is 0. The van der Waals surface area contributed by atoms with Crippen molar-refractivity contribution in [2.75, 3.05) is 13.2 Å². The van der Waals surface area contributed by atoms with E-state index in [9.17, 15) is 9.59 Å². The van der Waals surface area contributed by atoms with Crippen LogP contribution in [0.5, 0.6) is 0 Å². The molecule has 0 aromatic carbocycles. The molecule has 5 heteroatoms. The number of carbonyl (C=O) groups is 2. The lowest BCUT2D eigenvalue weighted by atomic mass is 10.3. The fraction of sp³-hybridized carbons (Fsp3) is 0.333. The third-order valence-electron chi connectivity index (χ3n) is 1.19. The maximum absolute atomic E-state index is 11.0. The minimum absolute atomic E-state index is 0.138. The highest BCUT2D eigenvalue weighted by Crippen LogP contribution is 1.97. The van der Waals surface area contributed by atoms with Crippen LogP contribution in [0.25, 0.3) is 0 Å². The van der Waals surface area contributed by atoms with Gasteiger partial charge in [-0.05, 0) is 6.92 Å². The second-order valence-corrected chi connectivity index (χ2v) is 2.37. The third kappa shape index (κ3) is 5.10. The minimum atomic E-state index is -0.629. The fourth-order valence-electron chi connectivity index (χ4n) is 0.508. The Bertz CT molecular complexity index is 258. The Balaban J connectivity index is 4.03. The topological polar surface area (TPSA) is 78.6 Å². The molecule has 0 radical (unpaired) electrons. The van der Waals surface area contributed by atoms with Crippen molar-refractivity contribution in [2.24, 2.45) is 5.73 Å². The molecule has 0 amide bonds. The van der Waals surface area contributed by atoms with E-state index in [4.69, 9.17) is 5.73 Å². The molecule has 2 N–H and O–H groups in total. The van der Waals surface area contributed by atoms with Gasteiger partial charge in [0.2, 0.25) is 0 Å². The van der Waals surface area contributed by atoms with Gasteiger partial charge in [0.15, 0.2) is 0 Å². The largest absolute Gasteiger partial charge is 0.461 e. The van der Waals surface area contributed by atoms with Crippen molar-refractivity contribution in [3.63, 3.8) is 0 Å². The van der Waals surface area contributed by atoms with Crippen LogP contribution in [0.1, 0.15) is 6.92 Å². The molecule has 0 atom stereocenters. The number of hydrogen-bond acceptors (Lipinski definition) is 5. The van der Waals surface area contributed by atoms with Crippen molar-refractivity contribution in [3.05, 3.63) is 24.5 Å². The summed E-state index contributed by atoms with van der Waals surface area (Å²) in [6, 6.07) is 0. The summed E-state index contributed by atoms with van der Waals surface area (Å²) in [5.74, 6) is -1.19. The standard InChI is InChI=1S/C9H13NO4/c1-3-8(11)14-6-7(2)9(12)13-5-4-10/h3,6H,1,4-5,10H2,2H3/b7-6+. The lowest BCUT2D eigenvalue weighted by molar-refractivity contribution is -0.139. The Morgan fingerprint density at radius 2 is 2.14 bits per heavy atom. The minimum Gasteiger partial charge on any atom is -0.461 e. The monoisotopic (exact) mass is 199 g/mol. The Hall–Kier alpha value is -1.62. The molecule has 0 bridgehead atoms. The molecule has 0 heterocycles. The van der Waals surface area contributed by atoms with Crippen molar-refractivity contribution in [2.45, 2.75) is 6.92 Å². The third-order valence-corrected chi connectivity index (χ3v) is 1.19. The molecule has 0 rings (SSSR count). The van der Waals surface area contributed by atoms with E-state index in [0.717, 1.165) is 12.3 Å². The summed E-state index contributed by atoms with van der Waals surface area (Å²) in [6.45, 7) is 5.06. The molecule has 0 saturated carbocycles. The smallest absolute Gasteiger partial charge is 0.336 e. The van der Waals surface area contributed by atoms with Crippen molar-refractivity contribution in [1.29, 1.82) is 0 Å². The molecule has 0 aliphatic carbocycles. The molecular formula is C9H13NO4. The molecule has 0 fully saturated rings. The van der Waals surface area contributed by atoms with Crippen LogP contribution < -0.4 is 5.73 Å². The van der Waals surface area contributed by atoms with Crippen LogP contribution >= 0.6 is 0 Å². The van der Waals surface area contributed by atoms with Crippen molar-refractivity contribution >= 4 is 11.9 Å². The summed E-state index contributed by atoms with van der Waals surface area (Å²) in [6.07, 6.45) is 2.01. The predicted octanol–water partition coefficient (Wildman–Crippen LogP) is 0.121. The zero-order valence-electron chi connectivity index (χ0n) is 7.99. The number of nitrogens with two attached hydrogens (primary N) is 1. The number of rotatable bonds is 5. The molecular weight excluding hydrogens is 186 g/mol. The highest BCUT2D eigenvalue weighted by molar-refractivity contribution is 5.88. The van der Waals surface area contributed by atoms with E-state index in [1.54, 1.807) is 0 Å². The highest BCUT2D eigenvalue weighted by atomic mass is 16.5. The fourth-order valence-corrected chi connectivity index (χ4v) is 0.508. The molecule has 0 aliphatic rings. The molecule has 78 valence electrons. The molecule has 14 heavy (non-hydrogen) atoms. The lowest BCUT2D eigenvalue weighted by Gasteiger charge is -2.02. The average Bonchev–Trinajstić information content (AvgIpc) is 2.21. The SMILES string of the molecule is C=CC(=O)O/C=C(\C)C(=O)OCCN. The maximum Gasteiger partial charge on any atom is 0.336 e. The zero-order valence-corrected chi connectivity index (χ0v) is 7.99. The van der Waals surface area contributed by atoms with Crippen LogP contribution in [-0.4, -0.2) is 25.1 Å². The van der Waals surface area contributed by atoms with Crippen molar-refractivity contribution < 1.29 is 19.1 Å². The first-order chi connectivity index (χ1) is 6.61. The highest BCUT2D eigenvalue weighted by Gasteiger charge is 2.05. The molecule has 5 nitrogen and oxygen atoms in total. The van der Waals surface area contributed by atoms with E-state index in [-0.39, 0.29) is 18.7 Å². The number of ether oxygens (including phenoxy) is 2. The zero-order chi connectivity index (χ0) is 11.0. The average molecular weight is 199 g/mol. The first kappa shape index (κ1) is 12.4. The van der Waals surface area contributed by atoms with Gasteiger partial charge in [-0.3, -0.25) is 0 Å². The molecule has 0 aromatic heterocycles. The number of esters is 2. The first-order valence-electron chi connectivity index (χ1n) is 3.98. The van der Waals surface area contributed by atoms with Gasteiger partial charge in [-0.15, -0.1) is 0 Å². The second kappa shape index (κ2) is 6.85. The van der Waals surface area contributed by atoms with Gasteiger partial charge < -0.3 is 15.2 Å². The summed E-state index contributed by atoms with van der Waals surface area (Å²) in [7, 11) is 0. The summed E-state index contributed by atoms with van der Waals surface area (Å²) in [5, 5.41) is 0. The van der Waals surface area contributed by atoms with Gasteiger partial charge >= 0.3 is 11.9 Å². The van der Waals surface area contributed by atoms with Gasteiger partial charge in [0.25, 0.3) is 0 Å². The molecule has 0 unspecified atom stereocenters. The maximum atomic E-state index is 11.0. The van der Waals surface area contributed by atoms with Gasteiger partial charge in [0.05, 0.1) is 5.57 Å². The van der Waals surface area contributed by atoms with Gasteiger partial charge in [-0.1, -0.05) is 6.58 Å². The van der Waals surface area contributed by atoms with Crippen LogP contribution in [0.4, 0.5) is 0 Å². The quantitative estimate of drug-likeness (QED) is 0.386. The van der Waals surface area contributed by atoms with Gasteiger partial charge in [-0.25, -0.2) is 9.59 Å². The van der Waals surface area contributed by atoms with Gasteiger partial charge in [0, 0.05) is 12.6 Å². The van der Waals surface area contributed by atoms with Gasteiger partial charge in [0.1, 0.15) is 12.9 Å². The van der Waals surface area contributed by atoms with Crippen molar-refractivity contribution in [3.8, 4) is 0 Å². The number of hydrogen-bond donors (Lipinski definition) is 1.